The smallest absolute Gasteiger partial charge is 0.239 e. The zero-order valence-corrected chi connectivity index (χ0v) is 7.57. The highest BCUT2D eigenvalue weighted by Gasteiger charge is 2.10. The van der Waals surface area contributed by atoms with Gasteiger partial charge in [-0.3, -0.25) is 4.79 Å². The molecule has 1 heterocycles. The number of rotatable bonds is 1. The van der Waals surface area contributed by atoms with Gasteiger partial charge in [-0.05, 0) is 12.1 Å². The molecule has 0 aliphatic heterocycles. The van der Waals surface area contributed by atoms with Crippen molar-refractivity contribution in [3.63, 3.8) is 0 Å². The zero-order chi connectivity index (χ0) is 10.1. The lowest BCUT2D eigenvalue weighted by Crippen LogP contribution is -2.03. The predicted octanol–water partition coefficient (Wildman–Crippen LogP) is 1.54. The third kappa shape index (κ3) is 1.12. The van der Waals surface area contributed by atoms with Gasteiger partial charge in [-0.15, -0.1) is 0 Å². The highest BCUT2D eigenvalue weighted by molar-refractivity contribution is 5.79. The van der Waals surface area contributed by atoms with Gasteiger partial charge in [0, 0.05) is 7.05 Å². The van der Waals surface area contributed by atoms with E-state index in [2.05, 4.69) is 5.32 Å². The number of hydrogen-bond donors (Lipinski definition) is 2. The number of fused-ring (bicyclic) bond motifs is 1. The molecule has 0 atom stereocenters. The molecule has 4 nitrogen and oxygen atoms in total. The minimum atomic E-state index is -0.420. The zero-order valence-electron chi connectivity index (χ0n) is 7.57. The summed E-state index contributed by atoms with van der Waals surface area (Å²) >= 11 is 0. The van der Waals surface area contributed by atoms with Crippen molar-refractivity contribution < 1.29 is 9.52 Å². The summed E-state index contributed by atoms with van der Waals surface area (Å²) in [6, 6.07) is 6.77. The van der Waals surface area contributed by atoms with Gasteiger partial charge >= 0.3 is 0 Å². The molecule has 0 bridgehead atoms. The molecule has 2 rings (SSSR count). The molecular weight excluding hydrogens is 182 g/mol. The van der Waals surface area contributed by atoms with Gasteiger partial charge in [-0.25, -0.2) is 0 Å². The second-order valence-electron chi connectivity index (χ2n) is 2.86. The van der Waals surface area contributed by atoms with E-state index in [0.29, 0.717) is 11.0 Å². The van der Waals surface area contributed by atoms with Crippen molar-refractivity contribution in [1.29, 1.82) is 0 Å². The van der Waals surface area contributed by atoms with Gasteiger partial charge in [0.25, 0.3) is 0 Å². The number of para-hydroxylation sites is 1. The van der Waals surface area contributed by atoms with Crippen LogP contribution in [0.2, 0.25) is 0 Å². The Morgan fingerprint density at radius 3 is 2.79 bits per heavy atom. The predicted molar refractivity (Wildman–Crippen MR) is 53.7 cm³/mol. The van der Waals surface area contributed by atoms with Crippen LogP contribution >= 0.6 is 0 Å². The van der Waals surface area contributed by atoms with Crippen molar-refractivity contribution in [1.82, 2.24) is 0 Å². The summed E-state index contributed by atoms with van der Waals surface area (Å²) in [5, 5.41) is 12.4. The Kier molecular flexibility index (Phi) is 1.89. The molecule has 0 spiro atoms. The average Bonchev–Trinajstić information content (AvgIpc) is 2.23. The van der Waals surface area contributed by atoms with E-state index in [1.54, 1.807) is 31.3 Å². The van der Waals surface area contributed by atoms with E-state index in [-0.39, 0.29) is 11.6 Å². The first-order chi connectivity index (χ1) is 6.74. The molecular formula is C10H9NO3. The van der Waals surface area contributed by atoms with Crippen LogP contribution in [0.1, 0.15) is 0 Å². The van der Waals surface area contributed by atoms with Crippen LogP contribution in [0, 0.1) is 0 Å². The number of benzene rings is 1. The number of hydrogen-bond acceptors (Lipinski definition) is 4. The second-order valence-corrected chi connectivity index (χ2v) is 2.86. The molecule has 0 fully saturated rings. The fourth-order valence-electron chi connectivity index (χ4n) is 1.30. The molecule has 2 aromatic rings. The largest absolute Gasteiger partial charge is 0.500 e. The van der Waals surface area contributed by atoms with Gasteiger partial charge in [0.15, 0.2) is 0 Å². The van der Waals surface area contributed by atoms with E-state index in [4.69, 9.17) is 4.42 Å². The summed E-state index contributed by atoms with van der Waals surface area (Å²) in [7, 11) is 1.58. The molecule has 72 valence electrons. The Balaban J connectivity index is 2.92. The first-order valence-electron chi connectivity index (χ1n) is 4.16. The highest BCUT2D eigenvalue weighted by atomic mass is 16.4. The number of aromatic hydroxyl groups is 1. The Morgan fingerprint density at radius 1 is 1.36 bits per heavy atom. The van der Waals surface area contributed by atoms with Crippen LogP contribution in [-0.4, -0.2) is 12.2 Å². The van der Waals surface area contributed by atoms with Crippen LogP contribution in [-0.2, 0) is 0 Å². The van der Waals surface area contributed by atoms with Crippen molar-refractivity contribution in [2.75, 3.05) is 12.4 Å². The maximum Gasteiger partial charge on any atom is 0.239 e. The lowest BCUT2D eigenvalue weighted by atomic mass is 10.2. The summed E-state index contributed by atoms with van der Waals surface area (Å²) < 4.78 is 5.26. The van der Waals surface area contributed by atoms with Crippen LogP contribution in [0.15, 0.2) is 33.5 Å². The molecule has 0 unspecified atom stereocenters. The van der Waals surface area contributed by atoms with E-state index >= 15 is 0 Å². The molecule has 0 saturated carbocycles. The topological polar surface area (TPSA) is 62.5 Å². The number of anilines is 1. The fourth-order valence-corrected chi connectivity index (χ4v) is 1.30. The van der Waals surface area contributed by atoms with Crippen LogP contribution in [0.4, 0.5) is 5.88 Å². The van der Waals surface area contributed by atoms with Crippen LogP contribution < -0.4 is 10.7 Å². The minimum absolute atomic E-state index is 0.0914. The quantitative estimate of drug-likeness (QED) is 0.717. The van der Waals surface area contributed by atoms with E-state index in [9.17, 15) is 9.90 Å². The summed E-state index contributed by atoms with van der Waals surface area (Å²) in [6.45, 7) is 0. The maximum atomic E-state index is 11.6. The molecule has 1 aromatic carbocycles. The maximum absolute atomic E-state index is 11.6. The van der Waals surface area contributed by atoms with E-state index in [0.717, 1.165) is 0 Å². The van der Waals surface area contributed by atoms with Crippen molar-refractivity contribution in [3.05, 3.63) is 34.5 Å². The molecule has 0 radical (unpaired) electrons. The first kappa shape index (κ1) is 8.62. The molecule has 2 N–H and O–H groups in total. The van der Waals surface area contributed by atoms with Gasteiger partial charge in [-0.1, -0.05) is 12.1 Å². The Bertz CT molecular complexity index is 530. The molecule has 0 amide bonds. The van der Waals surface area contributed by atoms with Gasteiger partial charge in [0.05, 0.1) is 5.39 Å². The fraction of sp³-hybridized carbons (Fsp3) is 0.100. The van der Waals surface area contributed by atoms with Gasteiger partial charge in [0.1, 0.15) is 5.58 Å². The van der Waals surface area contributed by atoms with Crippen LogP contribution in [0.5, 0.6) is 5.75 Å². The lowest BCUT2D eigenvalue weighted by molar-refractivity contribution is 0.450. The van der Waals surface area contributed by atoms with E-state index < -0.39 is 5.43 Å². The lowest BCUT2D eigenvalue weighted by Gasteiger charge is -2.03. The minimum Gasteiger partial charge on any atom is -0.500 e. The normalized spacial score (nSPS) is 10.4. The molecule has 0 saturated heterocycles. The van der Waals surface area contributed by atoms with Crippen molar-refractivity contribution >= 4 is 16.9 Å². The average molecular weight is 191 g/mol. The summed E-state index contributed by atoms with van der Waals surface area (Å²) in [5.41, 5.74) is 0.0378. The number of nitrogens with one attached hydrogen (secondary N) is 1. The Morgan fingerprint density at radius 2 is 2.07 bits per heavy atom. The van der Waals surface area contributed by atoms with Gasteiger partial charge in [-0.2, -0.15) is 0 Å². The second kappa shape index (κ2) is 3.06. The first-order valence-corrected chi connectivity index (χ1v) is 4.16. The monoisotopic (exact) mass is 191 g/mol. The standard InChI is InChI=1S/C10H9NO3/c1-11-10-9(13)8(12)6-4-2-3-5-7(6)14-10/h2-5,11,13H,1H3. The van der Waals surface area contributed by atoms with Crippen LogP contribution in [0.25, 0.3) is 11.0 Å². The summed E-state index contributed by atoms with van der Waals surface area (Å²) in [6.07, 6.45) is 0. The Hall–Kier alpha value is -1.97. The van der Waals surface area contributed by atoms with Crippen molar-refractivity contribution in [2.24, 2.45) is 0 Å². The Labute approximate surface area is 79.8 Å². The molecule has 4 heteroatoms. The highest BCUT2D eigenvalue weighted by Crippen LogP contribution is 2.23. The van der Waals surface area contributed by atoms with Crippen LogP contribution in [0.3, 0.4) is 0 Å². The van der Waals surface area contributed by atoms with Gasteiger partial charge < -0.3 is 14.8 Å². The molecule has 14 heavy (non-hydrogen) atoms. The van der Waals surface area contributed by atoms with Crippen molar-refractivity contribution in [2.45, 2.75) is 0 Å². The molecule has 0 aliphatic carbocycles. The summed E-state index contributed by atoms with van der Waals surface area (Å²) in [4.78, 5) is 11.6. The third-order valence-corrected chi connectivity index (χ3v) is 2.00. The van der Waals surface area contributed by atoms with Gasteiger partial charge in [0.2, 0.25) is 17.1 Å². The van der Waals surface area contributed by atoms with E-state index in [1.165, 1.54) is 0 Å². The molecule has 0 aliphatic rings. The third-order valence-electron chi connectivity index (χ3n) is 2.00. The summed E-state index contributed by atoms with van der Waals surface area (Å²) in [5.74, 6) is -0.292. The van der Waals surface area contributed by atoms with E-state index in [1.807, 2.05) is 0 Å². The van der Waals surface area contributed by atoms with Crippen molar-refractivity contribution in [3.8, 4) is 5.75 Å². The molecule has 1 aromatic heterocycles. The SMILES string of the molecule is CNc1oc2ccccc2c(=O)c1O.